The molecule has 1 saturated heterocycles. The van der Waals surface area contributed by atoms with Crippen LogP contribution >= 0.6 is 0 Å². The molecule has 3 heteroatoms. The van der Waals surface area contributed by atoms with Crippen LogP contribution < -0.4 is 5.32 Å². The summed E-state index contributed by atoms with van der Waals surface area (Å²) in [6, 6.07) is 1.32. The molecule has 2 rings (SSSR count). The predicted molar refractivity (Wildman–Crippen MR) is 74.4 cm³/mol. The van der Waals surface area contributed by atoms with Crippen LogP contribution in [0.2, 0.25) is 0 Å². The maximum absolute atomic E-state index is 11.3. The second-order valence-electron chi connectivity index (χ2n) is 6.32. The molecule has 104 valence electrons. The molecule has 2 aliphatic rings. The molecular weight excluding hydrogens is 224 g/mol. The van der Waals surface area contributed by atoms with Crippen molar-refractivity contribution in [2.75, 3.05) is 13.1 Å². The SMILES string of the molecule is CC(=O)N1CCC(N[C@@H]2CCC[C@H](C)[C@@H]2C)CC1. The summed E-state index contributed by atoms with van der Waals surface area (Å²) in [7, 11) is 0. The second kappa shape index (κ2) is 6.05. The highest BCUT2D eigenvalue weighted by molar-refractivity contribution is 5.73. The molecule has 0 aromatic carbocycles. The lowest BCUT2D eigenvalue weighted by atomic mass is 9.77. The van der Waals surface area contributed by atoms with Crippen LogP contribution in [0.15, 0.2) is 0 Å². The summed E-state index contributed by atoms with van der Waals surface area (Å²) >= 11 is 0. The predicted octanol–water partition coefficient (Wildman–Crippen LogP) is 2.41. The summed E-state index contributed by atoms with van der Waals surface area (Å²) in [5.41, 5.74) is 0. The van der Waals surface area contributed by atoms with E-state index in [2.05, 4.69) is 19.2 Å². The topological polar surface area (TPSA) is 32.3 Å². The molecule has 2 fully saturated rings. The van der Waals surface area contributed by atoms with E-state index in [1.54, 1.807) is 6.92 Å². The lowest BCUT2D eigenvalue weighted by Crippen LogP contribution is -2.50. The monoisotopic (exact) mass is 252 g/mol. The molecule has 1 aliphatic carbocycles. The maximum atomic E-state index is 11.3. The zero-order valence-corrected chi connectivity index (χ0v) is 12.1. The minimum Gasteiger partial charge on any atom is -0.343 e. The molecule has 0 bridgehead atoms. The highest BCUT2D eigenvalue weighted by Gasteiger charge is 2.30. The Kier molecular flexibility index (Phi) is 4.66. The Morgan fingerprint density at radius 1 is 1.11 bits per heavy atom. The van der Waals surface area contributed by atoms with Gasteiger partial charge in [-0.25, -0.2) is 0 Å². The summed E-state index contributed by atoms with van der Waals surface area (Å²) < 4.78 is 0. The third-order valence-corrected chi connectivity index (χ3v) is 5.10. The van der Waals surface area contributed by atoms with Crippen molar-refractivity contribution in [3.63, 3.8) is 0 Å². The molecule has 0 aromatic rings. The van der Waals surface area contributed by atoms with Gasteiger partial charge < -0.3 is 10.2 Å². The lowest BCUT2D eigenvalue weighted by Gasteiger charge is -2.39. The van der Waals surface area contributed by atoms with Gasteiger partial charge in [0.1, 0.15) is 0 Å². The number of rotatable bonds is 2. The van der Waals surface area contributed by atoms with Gasteiger partial charge >= 0.3 is 0 Å². The van der Waals surface area contributed by atoms with E-state index in [1.807, 2.05) is 4.90 Å². The van der Waals surface area contributed by atoms with Gasteiger partial charge in [0.25, 0.3) is 0 Å². The third kappa shape index (κ3) is 3.25. The number of amides is 1. The second-order valence-corrected chi connectivity index (χ2v) is 6.32. The Morgan fingerprint density at radius 3 is 2.39 bits per heavy atom. The van der Waals surface area contributed by atoms with Gasteiger partial charge in [0, 0.05) is 32.1 Å². The molecule has 1 amide bonds. The first-order valence-electron chi connectivity index (χ1n) is 7.59. The van der Waals surface area contributed by atoms with Crippen molar-refractivity contribution in [2.24, 2.45) is 11.8 Å². The smallest absolute Gasteiger partial charge is 0.219 e. The van der Waals surface area contributed by atoms with Crippen molar-refractivity contribution in [1.82, 2.24) is 10.2 Å². The molecule has 0 spiro atoms. The summed E-state index contributed by atoms with van der Waals surface area (Å²) in [5.74, 6) is 1.88. The van der Waals surface area contributed by atoms with Crippen LogP contribution in [0, 0.1) is 11.8 Å². The van der Waals surface area contributed by atoms with Gasteiger partial charge in [-0.15, -0.1) is 0 Å². The van der Waals surface area contributed by atoms with Gasteiger partial charge in [-0.05, 0) is 31.1 Å². The standard InChI is InChI=1S/C15H28N2O/c1-11-5-4-6-15(12(11)2)16-14-7-9-17(10-8-14)13(3)18/h11-12,14-16H,4-10H2,1-3H3/t11-,12-,15+/m0/s1. The first kappa shape index (κ1) is 13.9. The van der Waals surface area contributed by atoms with Crippen LogP contribution in [0.25, 0.3) is 0 Å². The Labute approximate surface area is 111 Å². The fourth-order valence-electron chi connectivity index (χ4n) is 3.48. The number of nitrogens with zero attached hydrogens (tertiary/aromatic N) is 1. The number of likely N-dealkylation sites (tertiary alicyclic amines) is 1. The molecule has 0 radical (unpaired) electrons. The van der Waals surface area contributed by atoms with Crippen LogP contribution in [0.4, 0.5) is 0 Å². The first-order chi connectivity index (χ1) is 8.58. The van der Waals surface area contributed by atoms with Gasteiger partial charge in [0.2, 0.25) is 5.91 Å². The van der Waals surface area contributed by atoms with Gasteiger partial charge in [-0.1, -0.05) is 26.7 Å². The van der Waals surface area contributed by atoms with E-state index in [-0.39, 0.29) is 5.91 Å². The van der Waals surface area contributed by atoms with Crippen molar-refractivity contribution in [1.29, 1.82) is 0 Å². The van der Waals surface area contributed by atoms with Crippen molar-refractivity contribution in [2.45, 2.75) is 65.0 Å². The Balaban J connectivity index is 1.79. The average molecular weight is 252 g/mol. The van der Waals surface area contributed by atoms with E-state index in [0.717, 1.165) is 37.8 Å². The van der Waals surface area contributed by atoms with E-state index in [0.29, 0.717) is 12.1 Å². The van der Waals surface area contributed by atoms with Crippen molar-refractivity contribution in [3.05, 3.63) is 0 Å². The minimum atomic E-state index is 0.230. The van der Waals surface area contributed by atoms with Crippen LogP contribution in [0.5, 0.6) is 0 Å². The molecule has 1 aliphatic heterocycles. The highest BCUT2D eigenvalue weighted by atomic mass is 16.2. The van der Waals surface area contributed by atoms with Gasteiger partial charge in [0.05, 0.1) is 0 Å². The van der Waals surface area contributed by atoms with Gasteiger partial charge in [-0.3, -0.25) is 4.79 Å². The molecule has 18 heavy (non-hydrogen) atoms. The van der Waals surface area contributed by atoms with Crippen molar-refractivity contribution < 1.29 is 4.79 Å². The van der Waals surface area contributed by atoms with Gasteiger partial charge in [0.15, 0.2) is 0 Å². The Morgan fingerprint density at radius 2 is 1.78 bits per heavy atom. The van der Waals surface area contributed by atoms with E-state index in [1.165, 1.54) is 19.3 Å². The number of piperidine rings is 1. The molecule has 1 saturated carbocycles. The Bertz CT molecular complexity index is 284. The summed E-state index contributed by atoms with van der Waals surface area (Å²) in [4.78, 5) is 13.3. The normalized spacial score (nSPS) is 34.6. The maximum Gasteiger partial charge on any atom is 0.219 e. The van der Waals surface area contributed by atoms with Crippen LogP contribution in [0.1, 0.15) is 52.9 Å². The van der Waals surface area contributed by atoms with E-state index >= 15 is 0 Å². The van der Waals surface area contributed by atoms with Crippen molar-refractivity contribution >= 4 is 5.91 Å². The molecular formula is C15H28N2O. The minimum absolute atomic E-state index is 0.230. The number of carbonyl (C=O) groups is 1. The zero-order chi connectivity index (χ0) is 13.1. The summed E-state index contributed by atoms with van der Waals surface area (Å²) in [6.07, 6.45) is 6.34. The summed E-state index contributed by atoms with van der Waals surface area (Å²) in [5, 5.41) is 3.86. The fraction of sp³-hybridized carbons (Fsp3) is 0.933. The molecule has 1 N–H and O–H groups in total. The molecule has 1 heterocycles. The van der Waals surface area contributed by atoms with Crippen LogP contribution in [-0.4, -0.2) is 36.0 Å². The lowest BCUT2D eigenvalue weighted by molar-refractivity contribution is -0.129. The number of hydrogen-bond donors (Lipinski definition) is 1. The highest BCUT2D eigenvalue weighted by Crippen LogP contribution is 2.30. The number of nitrogens with one attached hydrogen (secondary N) is 1. The van der Waals surface area contributed by atoms with Crippen LogP contribution in [-0.2, 0) is 4.79 Å². The first-order valence-corrected chi connectivity index (χ1v) is 7.59. The average Bonchev–Trinajstić information content (AvgIpc) is 2.36. The largest absolute Gasteiger partial charge is 0.343 e. The third-order valence-electron chi connectivity index (χ3n) is 5.10. The van der Waals surface area contributed by atoms with Gasteiger partial charge in [-0.2, -0.15) is 0 Å². The zero-order valence-electron chi connectivity index (χ0n) is 12.1. The van der Waals surface area contributed by atoms with E-state index in [9.17, 15) is 4.79 Å². The molecule has 3 atom stereocenters. The molecule has 0 unspecified atom stereocenters. The number of hydrogen-bond acceptors (Lipinski definition) is 2. The van der Waals surface area contributed by atoms with Crippen molar-refractivity contribution in [3.8, 4) is 0 Å². The van der Waals surface area contributed by atoms with E-state index < -0.39 is 0 Å². The number of carbonyl (C=O) groups excluding carboxylic acids is 1. The molecule has 3 nitrogen and oxygen atoms in total. The fourth-order valence-corrected chi connectivity index (χ4v) is 3.48. The summed E-state index contributed by atoms with van der Waals surface area (Å²) in [6.45, 7) is 8.33. The Hall–Kier alpha value is -0.570. The van der Waals surface area contributed by atoms with Crippen LogP contribution in [0.3, 0.4) is 0 Å². The molecule has 0 aromatic heterocycles. The van der Waals surface area contributed by atoms with E-state index in [4.69, 9.17) is 0 Å². The quantitative estimate of drug-likeness (QED) is 0.818.